The van der Waals surface area contributed by atoms with Crippen LogP contribution in [0.3, 0.4) is 0 Å². The zero-order valence-corrected chi connectivity index (χ0v) is 18.7. The standard InChI is InChI=1S/C28H30O3/c1-19(2)17-29-27-23-12-8-9-13-24(23)28(30-18-20(3)4)26-16-22(14-15-25(26)27)31-21-10-6-5-7-11-21/h5-16,19-20H,17-18H2,1-4H3. The van der Waals surface area contributed by atoms with Gasteiger partial charge in [0.1, 0.15) is 23.0 Å². The fourth-order valence-corrected chi connectivity index (χ4v) is 3.58. The van der Waals surface area contributed by atoms with Crippen molar-refractivity contribution in [2.24, 2.45) is 11.8 Å². The number of benzene rings is 4. The average molecular weight is 415 g/mol. The van der Waals surface area contributed by atoms with E-state index < -0.39 is 0 Å². The molecular weight excluding hydrogens is 384 g/mol. The predicted octanol–water partition coefficient (Wildman–Crippen LogP) is 7.85. The van der Waals surface area contributed by atoms with Gasteiger partial charge in [-0.2, -0.15) is 0 Å². The highest BCUT2D eigenvalue weighted by Crippen LogP contribution is 2.44. The molecule has 3 heteroatoms. The van der Waals surface area contributed by atoms with Crippen LogP contribution < -0.4 is 14.2 Å². The van der Waals surface area contributed by atoms with Crippen LogP contribution in [-0.4, -0.2) is 13.2 Å². The van der Waals surface area contributed by atoms with Gasteiger partial charge in [-0.1, -0.05) is 70.2 Å². The highest BCUT2D eigenvalue weighted by atomic mass is 16.5. The van der Waals surface area contributed by atoms with Gasteiger partial charge in [0.05, 0.1) is 13.2 Å². The number of hydrogen-bond donors (Lipinski definition) is 0. The van der Waals surface area contributed by atoms with Gasteiger partial charge in [0, 0.05) is 21.5 Å². The Bertz CT molecular complexity index is 1160. The first-order valence-corrected chi connectivity index (χ1v) is 11.0. The summed E-state index contributed by atoms with van der Waals surface area (Å²) in [4.78, 5) is 0. The minimum atomic E-state index is 0.425. The van der Waals surface area contributed by atoms with E-state index in [-0.39, 0.29) is 0 Å². The fourth-order valence-electron chi connectivity index (χ4n) is 3.58. The lowest BCUT2D eigenvalue weighted by molar-refractivity contribution is 0.272. The third-order valence-corrected chi connectivity index (χ3v) is 5.00. The van der Waals surface area contributed by atoms with E-state index in [1.54, 1.807) is 0 Å². The molecule has 0 fully saturated rings. The van der Waals surface area contributed by atoms with Gasteiger partial charge in [-0.05, 0) is 42.2 Å². The molecular formula is C28H30O3. The average Bonchev–Trinajstić information content (AvgIpc) is 2.76. The molecule has 0 heterocycles. The SMILES string of the molecule is CC(C)COc1c2ccccc2c(OCC(C)C)c2cc(Oc3ccccc3)ccc12. The summed E-state index contributed by atoms with van der Waals surface area (Å²) in [5.41, 5.74) is 0. The molecule has 160 valence electrons. The molecule has 0 spiro atoms. The van der Waals surface area contributed by atoms with Gasteiger partial charge in [-0.15, -0.1) is 0 Å². The lowest BCUT2D eigenvalue weighted by Crippen LogP contribution is -2.08. The van der Waals surface area contributed by atoms with Crippen LogP contribution in [0.2, 0.25) is 0 Å². The summed E-state index contributed by atoms with van der Waals surface area (Å²) in [6.07, 6.45) is 0. The fraction of sp³-hybridized carbons (Fsp3) is 0.286. The minimum absolute atomic E-state index is 0.425. The Morgan fingerprint density at radius 3 is 1.65 bits per heavy atom. The van der Waals surface area contributed by atoms with Crippen molar-refractivity contribution in [1.82, 2.24) is 0 Å². The molecule has 0 atom stereocenters. The summed E-state index contributed by atoms with van der Waals surface area (Å²) in [5, 5.41) is 4.18. The molecule has 31 heavy (non-hydrogen) atoms. The third-order valence-electron chi connectivity index (χ3n) is 5.00. The topological polar surface area (TPSA) is 27.7 Å². The molecule has 0 N–H and O–H groups in total. The van der Waals surface area contributed by atoms with Gasteiger partial charge >= 0.3 is 0 Å². The Hall–Kier alpha value is -3.20. The molecule has 0 saturated heterocycles. The highest BCUT2D eigenvalue weighted by molar-refractivity contribution is 6.11. The Morgan fingerprint density at radius 2 is 1.06 bits per heavy atom. The molecule has 0 unspecified atom stereocenters. The zero-order chi connectivity index (χ0) is 21.8. The summed E-state index contributed by atoms with van der Waals surface area (Å²) in [6.45, 7) is 9.96. The van der Waals surface area contributed by atoms with Crippen LogP contribution in [0.5, 0.6) is 23.0 Å². The van der Waals surface area contributed by atoms with E-state index >= 15 is 0 Å². The van der Waals surface area contributed by atoms with Crippen molar-refractivity contribution in [3.63, 3.8) is 0 Å². The lowest BCUT2D eigenvalue weighted by Gasteiger charge is -2.20. The molecule has 0 aliphatic rings. The maximum atomic E-state index is 6.37. The molecule has 4 rings (SSSR count). The molecule has 4 aromatic rings. The molecule has 0 bridgehead atoms. The molecule has 0 amide bonds. The van der Waals surface area contributed by atoms with E-state index in [1.165, 1.54) is 0 Å². The molecule has 0 saturated carbocycles. The van der Waals surface area contributed by atoms with Crippen LogP contribution in [0.25, 0.3) is 21.5 Å². The van der Waals surface area contributed by atoms with Crippen molar-refractivity contribution in [1.29, 1.82) is 0 Å². The van der Waals surface area contributed by atoms with Crippen molar-refractivity contribution in [2.45, 2.75) is 27.7 Å². The number of fused-ring (bicyclic) bond motifs is 2. The van der Waals surface area contributed by atoms with Crippen LogP contribution in [0, 0.1) is 11.8 Å². The predicted molar refractivity (Wildman–Crippen MR) is 129 cm³/mol. The number of rotatable bonds is 8. The first-order chi connectivity index (χ1) is 15.0. The van der Waals surface area contributed by atoms with E-state index in [0.717, 1.165) is 44.5 Å². The van der Waals surface area contributed by atoms with Crippen LogP contribution in [0.15, 0.2) is 72.8 Å². The summed E-state index contributed by atoms with van der Waals surface area (Å²) < 4.78 is 18.8. The Kier molecular flexibility index (Phi) is 6.31. The minimum Gasteiger partial charge on any atom is -0.492 e. The van der Waals surface area contributed by atoms with E-state index in [4.69, 9.17) is 14.2 Å². The Morgan fingerprint density at radius 1 is 0.548 bits per heavy atom. The molecule has 0 aliphatic heterocycles. The molecule has 0 radical (unpaired) electrons. The van der Waals surface area contributed by atoms with Gasteiger partial charge in [-0.25, -0.2) is 0 Å². The normalized spacial score (nSPS) is 11.4. The summed E-state index contributed by atoms with van der Waals surface area (Å²) in [6, 6.07) is 24.3. The second kappa shape index (κ2) is 9.30. The summed E-state index contributed by atoms with van der Waals surface area (Å²) >= 11 is 0. The van der Waals surface area contributed by atoms with E-state index in [2.05, 4.69) is 58.0 Å². The number of para-hydroxylation sites is 1. The van der Waals surface area contributed by atoms with E-state index in [0.29, 0.717) is 25.0 Å². The number of hydrogen-bond acceptors (Lipinski definition) is 3. The van der Waals surface area contributed by atoms with Crippen LogP contribution >= 0.6 is 0 Å². The van der Waals surface area contributed by atoms with Gasteiger partial charge in [0.25, 0.3) is 0 Å². The molecule has 0 aliphatic carbocycles. The van der Waals surface area contributed by atoms with Gasteiger partial charge in [0.15, 0.2) is 0 Å². The van der Waals surface area contributed by atoms with Crippen LogP contribution in [-0.2, 0) is 0 Å². The largest absolute Gasteiger partial charge is 0.492 e. The lowest BCUT2D eigenvalue weighted by atomic mass is 10.00. The third kappa shape index (κ3) is 4.77. The zero-order valence-electron chi connectivity index (χ0n) is 18.7. The van der Waals surface area contributed by atoms with E-state index in [9.17, 15) is 0 Å². The molecule has 3 nitrogen and oxygen atoms in total. The first kappa shape index (κ1) is 21.0. The van der Waals surface area contributed by atoms with Crippen molar-refractivity contribution >= 4 is 21.5 Å². The summed E-state index contributed by atoms with van der Waals surface area (Å²) in [7, 11) is 0. The Balaban J connectivity index is 1.90. The van der Waals surface area contributed by atoms with Crippen molar-refractivity contribution in [2.75, 3.05) is 13.2 Å². The number of ether oxygens (including phenoxy) is 3. The second-order valence-electron chi connectivity index (χ2n) is 8.74. The van der Waals surface area contributed by atoms with Gasteiger partial charge in [-0.3, -0.25) is 0 Å². The first-order valence-electron chi connectivity index (χ1n) is 11.0. The Labute approximate surface area is 184 Å². The maximum Gasteiger partial charge on any atom is 0.135 e. The van der Waals surface area contributed by atoms with Gasteiger partial charge < -0.3 is 14.2 Å². The summed E-state index contributed by atoms with van der Waals surface area (Å²) in [5.74, 6) is 4.24. The maximum absolute atomic E-state index is 6.37. The van der Waals surface area contributed by atoms with E-state index in [1.807, 2.05) is 42.5 Å². The van der Waals surface area contributed by atoms with Gasteiger partial charge in [0.2, 0.25) is 0 Å². The molecule has 0 aromatic heterocycles. The van der Waals surface area contributed by atoms with Crippen molar-refractivity contribution in [3.05, 3.63) is 72.8 Å². The molecule has 4 aromatic carbocycles. The second-order valence-corrected chi connectivity index (χ2v) is 8.74. The van der Waals surface area contributed by atoms with Crippen molar-refractivity contribution in [3.8, 4) is 23.0 Å². The monoisotopic (exact) mass is 414 g/mol. The highest BCUT2D eigenvalue weighted by Gasteiger charge is 2.18. The van der Waals surface area contributed by atoms with Crippen LogP contribution in [0.4, 0.5) is 0 Å². The van der Waals surface area contributed by atoms with Crippen molar-refractivity contribution < 1.29 is 14.2 Å². The quantitative estimate of drug-likeness (QED) is 0.275. The van der Waals surface area contributed by atoms with Crippen LogP contribution in [0.1, 0.15) is 27.7 Å². The smallest absolute Gasteiger partial charge is 0.135 e.